The molecule has 30 heteroatoms. The van der Waals surface area contributed by atoms with Gasteiger partial charge >= 0.3 is 31.8 Å². The number of pyridine rings is 2. The highest BCUT2D eigenvalue weighted by Gasteiger charge is 2.62. The lowest BCUT2D eigenvalue weighted by Crippen LogP contribution is -2.55. The minimum Gasteiger partial charge on any atom is -0.459 e. The van der Waals surface area contributed by atoms with Crippen molar-refractivity contribution >= 4 is 35.5 Å². The maximum Gasteiger partial charge on any atom is 0.496 e. The van der Waals surface area contributed by atoms with E-state index in [0.717, 1.165) is 18.3 Å². The van der Waals surface area contributed by atoms with Crippen molar-refractivity contribution in [3.05, 3.63) is 77.2 Å². The van der Waals surface area contributed by atoms with E-state index in [-0.39, 0.29) is 80.1 Å². The van der Waals surface area contributed by atoms with Crippen molar-refractivity contribution in [1.82, 2.24) is 49.6 Å². The van der Waals surface area contributed by atoms with Crippen LogP contribution < -0.4 is 14.9 Å². The minimum atomic E-state index is -4.82. The van der Waals surface area contributed by atoms with Gasteiger partial charge in [-0.25, -0.2) is 18.7 Å². The Labute approximate surface area is 393 Å². The monoisotopic (exact) mass is 1040 g/mol. The van der Waals surface area contributed by atoms with Crippen LogP contribution >= 0.6 is 11.6 Å². The molecule has 7 heterocycles. The van der Waals surface area contributed by atoms with Crippen LogP contribution in [0.5, 0.6) is 11.8 Å². The smallest absolute Gasteiger partial charge is 0.459 e. The van der Waals surface area contributed by atoms with Crippen LogP contribution in [-0.4, -0.2) is 91.5 Å². The molecule has 2 aliphatic carbocycles. The van der Waals surface area contributed by atoms with Gasteiger partial charge in [-0.15, -0.1) is 20.4 Å². The van der Waals surface area contributed by atoms with Crippen molar-refractivity contribution in [3.63, 3.8) is 0 Å². The number of alkyl halides is 12. The molecule has 1 aliphatic heterocycles. The zero-order chi connectivity index (χ0) is 50.0. The molecule has 0 spiro atoms. The van der Waals surface area contributed by atoms with Crippen LogP contribution in [0.25, 0.3) is 22.6 Å². The van der Waals surface area contributed by atoms with E-state index in [0.29, 0.717) is 15.5 Å². The molecule has 0 unspecified atom stereocenters. The normalized spacial score (nSPS) is 18.0. The van der Waals surface area contributed by atoms with Crippen molar-refractivity contribution in [1.29, 1.82) is 0 Å². The minimum absolute atomic E-state index is 0. The van der Waals surface area contributed by atoms with Gasteiger partial charge in [0.1, 0.15) is 5.15 Å². The lowest BCUT2D eigenvalue weighted by atomic mass is 9.79. The molecule has 0 aromatic carbocycles. The number of aromatic nitrogens is 10. The van der Waals surface area contributed by atoms with Crippen molar-refractivity contribution in [2.24, 2.45) is 0 Å². The van der Waals surface area contributed by atoms with E-state index in [9.17, 15) is 61.5 Å². The number of ether oxygens (including phenoxy) is 2. The van der Waals surface area contributed by atoms with E-state index < -0.39 is 89.3 Å². The first kappa shape index (κ1) is 55.2. The molecule has 3 aliphatic rings. The zero-order valence-electron chi connectivity index (χ0n) is 35.2. The molecule has 6 aromatic heterocycles. The van der Waals surface area contributed by atoms with Gasteiger partial charge in [0.25, 0.3) is 23.4 Å². The lowest BCUT2D eigenvalue weighted by Gasteiger charge is -2.42. The third kappa shape index (κ3) is 10.8. The largest absolute Gasteiger partial charge is 0.496 e. The van der Waals surface area contributed by atoms with Gasteiger partial charge in [-0.2, -0.15) is 71.9 Å². The standard InChI is InChI=1S/C16H20BF4NO3.C16H10F7N5O.C6H2ClF3N4.2CH4/c1-13(2)14(3,4)25-17(24-13)10-8-11(18)12(22-9-10)23-15(6-5-7-15)16(19,20)21;17-9-6-8(7-24-12(9)29-14(4-1-5-14)16(21,22)23)10-2-3-11-25-26-13(15(18,19)20)28(11)27-10;7-3-1-2-4-11-12-5(6(8,9)10)14(4)13-3;;/h8-9H,5-7H2,1-4H3;2-3,6-7H,1,4-5H2;1-2H;2*1H4. The summed E-state index contributed by atoms with van der Waals surface area (Å²) < 4.78 is 206. The van der Waals surface area contributed by atoms with Crippen LogP contribution in [0.2, 0.25) is 5.15 Å². The topological polar surface area (TPSA) is 149 Å². The molecule has 70 heavy (non-hydrogen) atoms. The van der Waals surface area contributed by atoms with E-state index in [1.165, 1.54) is 30.5 Å². The molecule has 14 nitrogen and oxygen atoms in total. The van der Waals surface area contributed by atoms with Crippen LogP contribution in [0, 0.1) is 11.6 Å². The van der Waals surface area contributed by atoms with Gasteiger partial charge < -0.3 is 18.8 Å². The van der Waals surface area contributed by atoms with Crippen molar-refractivity contribution < 1.29 is 80.2 Å². The summed E-state index contributed by atoms with van der Waals surface area (Å²) in [4.78, 5) is 7.32. The van der Waals surface area contributed by atoms with Crippen LogP contribution in [0.15, 0.2) is 48.8 Å². The summed E-state index contributed by atoms with van der Waals surface area (Å²) in [6.45, 7) is 7.38. The second-order valence-corrected chi connectivity index (χ2v) is 16.9. The van der Waals surface area contributed by atoms with Gasteiger partial charge in [-0.1, -0.05) is 26.5 Å². The van der Waals surface area contributed by atoms with Crippen LogP contribution in [0.3, 0.4) is 0 Å². The number of nitrogens with zero attached hydrogens (tertiary/aromatic N) is 10. The summed E-state index contributed by atoms with van der Waals surface area (Å²) in [6, 6.07) is 6.91. The molecular weight excluding hydrogens is 997 g/mol. The van der Waals surface area contributed by atoms with E-state index in [2.05, 4.69) is 40.6 Å². The number of hydrogen-bond donors (Lipinski definition) is 0. The van der Waals surface area contributed by atoms with Gasteiger partial charge in [0.05, 0.1) is 16.9 Å². The summed E-state index contributed by atoms with van der Waals surface area (Å²) in [5.74, 6) is -6.22. The lowest BCUT2D eigenvalue weighted by molar-refractivity contribution is -0.275. The first-order chi connectivity index (χ1) is 31.4. The Kier molecular flexibility index (Phi) is 15.1. The predicted octanol–water partition coefficient (Wildman–Crippen LogP) is 10.7. The highest BCUT2D eigenvalue weighted by Crippen LogP contribution is 2.49. The first-order valence-corrected chi connectivity index (χ1v) is 20.2. The number of rotatable bonds is 6. The number of halogens is 15. The van der Waals surface area contributed by atoms with Gasteiger partial charge in [-0.05, 0) is 103 Å². The summed E-state index contributed by atoms with van der Waals surface area (Å²) in [7, 11) is -0.846. The van der Waals surface area contributed by atoms with Crippen LogP contribution in [0.1, 0.15) is 92.7 Å². The predicted molar refractivity (Wildman–Crippen MR) is 220 cm³/mol. The van der Waals surface area contributed by atoms with Gasteiger partial charge in [0, 0.05) is 23.4 Å². The fraction of sp³-hybridized carbons (Fsp3) is 0.500. The van der Waals surface area contributed by atoms with Gasteiger partial charge in [0.15, 0.2) is 22.9 Å². The summed E-state index contributed by atoms with van der Waals surface area (Å²) in [5.41, 5.74) is -6.13. The number of fused-ring (bicyclic) bond motifs is 2. The zero-order valence-corrected chi connectivity index (χ0v) is 36.0. The fourth-order valence-electron chi connectivity index (χ4n) is 6.58. The van der Waals surface area contributed by atoms with E-state index >= 15 is 0 Å². The molecule has 9 rings (SSSR count). The van der Waals surface area contributed by atoms with Gasteiger partial charge in [0.2, 0.25) is 11.2 Å². The van der Waals surface area contributed by atoms with Gasteiger partial charge in [-0.3, -0.25) is 0 Å². The summed E-state index contributed by atoms with van der Waals surface area (Å²) >= 11 is 5.44. The fourth-order valence-corrected chi connectivity index (χ4v) is 6.72. The Morgan fingerprint density at radius 1 is 0.600 bits per heavy atom. The Morgan fingerprint density at radius 3 is 1.43 bits per heavy atom. The van der Waals surface area contributed by atoms with Crippen LogP contribution in [-0.2, 0) is 21.7 Å². The summed E-state index contributed by atoms with van der Waals surface area (Å²) in [5, 5.41) is 19.8. The maximum atomic E-state index is 14.3. The maximum absolute atomic E-state index is 14.3. The third-order valence-corrected chi connectivity index (χ3v) is 11.6. The van der Waals surface area contributed by atoms with E-state index in [1.54, 1.807) is 0 Å². The number of hydrogen-bond acceptors (Lipinski definition) is 12. The Balaban J connectivity index is 0.000000203. The van der Waals surface area contributed by atoms with Crippen molar-refractivity contribution in [3.8, 4) is 23.0 Å². The second kappa shape index (κ2) is 19.1. The molecular formula is C40H40BClF14N10O4. The second-order valence-electron chi connectivity index (χ2n) is 16.5. The molecule has 0 bridgehead atoms. The molecule has 6 aromatic rings. The average Bonchev–Trinajstić information content (AvgIpc) is 3.87. The molecule has 382 valence electrons. The molecule has 0 atom stereocenters. The highest BCUT2D eigenvalue weighted by atomic mass is 35.5. The first-order valence-electron chi connectivity index (χ1n) is 19.8. The Morgan fingerprint density at radius 2 is 1.03 bits per heavy atom. The highest BCUT2D eigenvalue weighted by molar-refractivity contribution is 6.62. The molecule has 1 saturated heterocycles. The molecule has 0 N–H and O–H groups in total. The Bertz CT molecular complexity index is 2800. The quantitative estimate of drug-likeness (QED) is 0.115. The molecule has 0 amide bonds. The molecule has 2 saturated carbocycles. The van der Waals surface area contributed by atoms with Crippen molar-refractivity contribution in [2.75, 3.05) is 0 Å². The Hall–Kier alpha value is -5.71. The van der Waals surface area contributed by atoms with E-state index in [1.807, 2.05) is 27.7 Å². The SMILES string of the molecule is C.C.CC1(C)OB(c2cnc(OC3(C(F)(F)F)CCC3)c(F)c2)OC1(C)C.FC(F)(F)c1nnc2ccc(Cl)nn12.Fc1cc(-c2ccc3nnc(C(F)(F)F)n3n2)cnc1OC1(C(F)(F)F)CCC1. The van der Waals surface area contributed by atoms with Crippen molar-refractivity contribution in [2.45, 2.75) is 128 Å². The van der Waals surface area contributed by atoms with Crippen LogP contribution in [0.4, 0.5) is 61.5 Å². The average molecular weight is 1040 g/mol. The molecule has 3 fully saturated rings. The van der Waals surface area contributed by atoms with E-state index in [4.69, 9.17) is 30.4 Å². The third-order valence-electron chi connectivity index (χ3n) is 11.4. The summed E-state index contributed by atoms with van der Waals surface area (Å²) in [6.07, 6.45) is -16.8. The molecule has 0 radical (unpaired) electrons.